The number of aromatic nitrogens is 4. The quantitative estimate of drug-likeness (QED) is 0.336. The van der Waals surface area contributed by atoms with Crippen molar-refractivity contribution in [2.24, 2.45) is 5.92 Å². The predicted molar refractivity (Wildman–Crippen MR) is 128 cm³/mol. The molecule has 1 unspecified atom stereocenters. The van der Waals surface area contributed by atoms with Crippen LogP contribution in [-0.2, 0) is 0 Å². The minimum Gasteiger partial charge on any atom is -0.389 e. The van der Waals surface area contributed by atoms with Crippen LogP contribution in [0.3, 0.4) is 0 Å². The van der Waals surface area contributed by atoms with E-state index in [1.807, 2.05) is 19.2 Å². The van der Waals surface area contributed by atoms with E-state index >= 15 is 0 Å². The van der Waals surface area contributed by atoms with Crippen LogP contribution in [0.5, 0.6) is 0 Å². The first-order valence-corrected chi connectivity index (χ1v) is 11.3. The van der Waals surface area contributed by atoms with Crippen LogP contribution in [-0.4, -0.2) is 31.9 Å². The number of hydrogen-bond donors (Lipinski definition) is 1. The van der Waals surface area contributed by atoms with Crippen LogP contribution in [0.15, 0.2) is 47.4 Å². The number of nitrogens with one attached hydrogen (secondary N) is 1. The fourth-order valence-corrected chi connectivity index (χ4v) is 4.79. The van der Waals surface area contributed by atoms with Crippen molar-refractivity contribution >= 4 is 46.2 Å². The highest BCUT2D eigenvalue weighted by molar-refractivity contribution is 6.37. The van der Waals surface area contributed by atoms with E-state index in [-0.39, 0.29) is 28.4 Å². The van der Waals surface area contributed by atoms with Gasteiger partial charge in [-0.15, -0.1) is 0 Å². The first-order chi connectivity index (χ1) is 15.8. The van der Waals surface area contributed by atoms with Crippen LogP contribution in [0, 0.1) is 12.8 Å². The van der Waals surface area contributed by atoms with E-state index in [0.29, 0.717) is 38.9 Å². The summed E-state index contributed by atoms with van der Waals surface area (Å²) in [4.78, 5) is 21.7. The second-order valence-electron chi connectivity index (χ2n) is 8.14. The molecule has 10 heteroatoms. The van der Waals surface area contributed by atoms with E-state index in [1.54, 1.807) is 22.7 Å². The largest absolute Gasteiger partial charge is 0.389 e. The van der Waals surface area contributed by atoms with Crippen LogP contribution in [0.1, 0.15) is 28.8 Å². The van der Waals surface area contributed by atoms with Gasteiger partial charge in [0.25, 0.3) is 5.89 Å². The molecule has 1 aliphatic heterocycles. The van der Waals surface area contributed by atoms with Gasteiger partial charge in [-0.05, 0) is 43.0 Å². The summed E-state index contributed by atoms with van der Waals surface area (Å²) in [5.41, 5.74) is 3.83. The molecule has 1 aliphatic rings. The zero-order valence-corrected chi connectivity index (χ0v) is 19.8. The Bertz CT molecular complexity index is 1430. The van der Waals surface area contributed by atoms with Gasteiger partial charge in [-0.3, -0.25) is 4.79 Å². The Balaban J connectivity index is 1.42. The van der Waals surface area contributed by atoms with Crippen molar-refractivity contribution in [1.29, 1.82) is 0 Å². The van der Waals surface area contributed by atoms with Crippen LogP contribution in [0.25, 0.3) is 28.6 Å². The number of allylic oxidation sites excluding steroid dienone is 1. The number of nitrogens with zero attached hydrogens (tertiary/aromatic N) is 4. The van der Waals surface area contributed by atoms with Gasteiger partial charge in [0, 0.05) is 42.2 Å². The third kappa shape index (κ3) is 4.24. The molecular weight excluding hydrogens is 485 g/mol. The molecule has 1 atom stereocenters. The molecule has 1 saturated heterocycles. The molecule has 33 heavy (non-hydrogen) atoms. The van der Waals surface area contributed by atoms with Crippen molar-refractivity contribution in [3.8, 4) is 23.0 Å². The van der Waals surface area contributed by atoms with Gasteiger partial charge < -0.3 is 14.2 Å². The first-order valence-electron chi connectivity index (χ1n) is 10.2. The molecule has 4 aromatic rings. The van der Waals surface area contributed by atoms with Gasteiger partial charge in [-0.1, -0.05) is 46.5 Å². The van der Waals surface area contributed by atoms with E-state index in [4.69, 9.17) is 39.3 Å². The van der Waals surface area contributed by atoms with Crippen molar-refractivity contribution in [1.82, 2.24) is 24.8 Å². The van der Waals surface area contributed by atoms with Gasteiger partial charge in [0.1, 0.15) is 5.69 Å². The Kier molecular flexibility index (Phi) is 5.64. The normalized spacial score (nSPS) is 15.9. The Hall–Kier alpha value is -2.87. The maximum absolute atomic E-state index is 12.8. The highest BCUT2D eigenvalue weighted by Gasteiger charge is 2.24. The molecule has 1 N–H and O–H groups in total. The Labute approximate surface area is 204 Å². The smallest absolute Gasteiger partial charge is 0.278 e. The fourth-order valence-electron chi connectivity index (χ4n) is 3.96. The van der Waals surface area contributed by atoms with Gasteiger partial charge in [0.2, 0.25) is 5.82 Å². The molecule has 0 bridgehead atoms. The highest BCUT2D eigenvalue weighted by atomic mass is 35.5. The number of hydrogen-bond acceptors (Lipinski definition) is 6. The fraction of sp³-hybridized carbons (Fsp3) is 0.217. The number of carbonyl (C=O) groups excluding carboxylic acids is 1. The van der Waals surface area contributed by atoms with Gasteiger partial charge in [-0.2, -0.15) is 4.98 Å². The van der Waals surface area contributed by atoms with Gasteiger partial charge in [-0.25, -0.2) is 4.98 Å². The molecule has 0 aliphatic carbocycles. The monoisotopic (exact) mass is 501 g/mol. The lowest BCUT2D eigenvalue weighted by molar-refractivity contribution is 0.0965. The first kappa shape index (κ1) is 21.9. The molecule has 3 aromatic heterocycles. The molecule has 7 nitrogen and oxygen atoms in total. The molecule has 1 aromatic carbocycles. The average molecular weight is 503 g/mol. The zero-order valence-electron chi connectivity index (χ0n) is 17.5. The Morgan fingerprint density at radius 3 is 2.76 bits per heavy atom. The summed E-state index contributed by atoms with van der Waals surface area (Å²) in [6, 6.07) is 4.97. The number of carbonyl (C=O) groups is 1. The second kappa shape index (κ2) is 8.48. The van der Waals surface area contributed by atoms with E-state index in [0.717, 1.165) is 24.2 Å². The number of rotatable bonds is 5. The summed E-state index contributed by atoms with van der Waals surface area (Å²) in [7, 11) is 0. The van der Waals surface area contributed by atoms with Crippen molar-refractivity contribution in [3.63, 3.8) is 0 Å². The topological polar surface area (TPSA) is 85.3 Å². The van der Waals surface area contributed by atoms with Gasteiger partial charge >= 0.3 is 0 Å². The average Bonchev–Trinajstić information content (AvgIpc) is 3.49. The zero-order chi connectivity index (χ0) is 23.3. The lowest BCUT2D eigenvalue weighted by Crippen LogP contribution is -2.13. The molecule has 0 amide bonds. The summed E-state index contributed by atoms with van der Waals surface area (Å²) in [5, 5.41) is 8.30. The standard InChI is InChI=1S/C23H18Cl3N5O2/c1-11-3-18(26)22-28-19(10-31(22)9-11)23-29-21(30-33-23)15-7-16(24)14(6-17(15)25)20(32)5-13-4-12(2)27-8-13/h3,6-7,9-10,13,27H,2,4-5,8H2,1H3. The maximum atomic E-state index is 12.8. The number of imidazole rings is 1. The number of aryl methyl sites for hydroxylation is 1. The molecule has 4 heterocycles. The van der Waals surface area contributed by atoms with Crippen molar-refractivity contribution in [2.75, 3.05) is 6.54 Å². The summed E-state index contributed by atoms with van der Waals surface area (Å²) < 4.78 is 7.21. The maximum Gasteiger partial charge on any atom is 0.278 e. The number of ketones is 1. The molecule has 1 fully saturated rings. The minimum absolute atomic E-state index is 0.0689. The summed E-state index contributed by atoms with van der Waals surface area (Å²) in [6.07, 6.45) is 4.80. The third-order valence-electron chi connectivity index (χ3n) is 5.54. The van der Waals surface area contributed by atoms with Crippen LogP contribution >= 0.6 is 34.8 Å². The van der Waals surface area contributed by atoms with E-state index in [9.17, 15) is 4.79 Å². The van der Waals surface area contributed by atoms with Gasteiger partial charge in [0.05, 0.1) is 15.1 Å². The number of benzene rings is 1. The Morgan fingerprint density at radius 1 is 1.18 bits per heavy atom. The summed E-state index contributed by atoms with van der Waals surface area (Å²) >= 11 is 19.2. The lowest BCUT2D eigenvalue weighted by Gasteiger charge is -2.10. The number of Topliss-reactive ketones (excluding diaryl/α,β-unsaturated/α-hetero) is 1. The Morgan fingerprint density at radius 2 is 2.00 bits per heavy atom. The van der Waals surface area contributed by atoms with Crippen LogP contribution in [0.2, 0.25) is 15.1 Å². The molecule has 0 radical (unpaired) electrons. The summed E-state index contributed by atoms with van der Waals surface area (Å²) in [5.74, 6) is 0.581. The number of pyridine rings is 1. The third-order valence-corrected chi connectivity index (χ3v) is 6.44. The van der Waals surface area contributed by atoms with E-state index < -0.39 is 0 Å². The van der Waals surface area contributed by atoms with E-state index in [1.165, 1.54) is 0 Å². The highest BCUT2D eigenvalue weighted by Crippen LogP contribution is 2.34. The van der Waals surface area contributed by atoms with E-state index in [2.05, 4.69) is 27.0 Å². The van der Waals surface area contributed by atoms with Crippen molar-refractivity contribution in [3.05, 3.63) is 69.1 Å². The van der Waals surface area contributed by atoms with Crippen LogP contribution < -0.4 is 5.32 Å². The molecular formula is C23H18Cl3N5O2. The van der Waals surface area contributed by atoms with Crippen molar-refractivity contribution < 1.29 is 9.32 Å². The molecule has 5 rings (SSSR count). The number of halogens is 3. The SMILES string of the molecule is C=C1CC(CC(=O)c2cc(Cl)c(-c3noc(-c4cn5cc(C)cc(Cl)c5n4)n3)cc2Cl)CN1. The molecule has 0 saturated carbocycles. The lowest BCUT2D eigenvalue weighted by atomic mass is 9.96. The molecule has 168 valence electrons. The van der Waals surface area contributed by atoms with Crippen LogP contribution in [0.4, 0.5) is 0 Å². The number of fused-ring (bicyclic) bond motifs is 1. The summed E-state index contributed by atoms with van der Waals surface area (Å²) in [6.45, 7) is 6.57. The molecule has 0 spiro atoms. The van der Waals surface area contributed by atoms with Gasteiger partial charge in [0.15, 0.2) is 11.4 Å². The minimum atomic E-state index is -0.0689. The van der Waals surface area contributed by atoms with Crippen molar-refractivity contribution in [2.45, 2.75) is 19.8 Å². The second-order valence-corrected chi connectivity index (χ2v) is 9.36. The predicted octanol–water partition coefficient (Wildman–Crippen LogP) is 6.02.